The Bertz CT molecular complexity index is 438. The van der Waals surface area contributed by atoms with E-state index in [2.05, 4.69) is 10.6 Å². The van der Waals surface area contributed by atoms with E-state index >= 15 is 0 Å². The van der Waals surface area contributed by atoms with Crippen LogP contribution in [0.25, 0.3) is 0 Å². The molecule has 0 saturated carbocycles. The molecule has 2 rings (SSSR count). The summed E-state index contributed by atoms with van der Waals surface area (Å²) in [7, 11) is 0. The maximum Gasteiger partial charge on any atom is 0.260 e. The SMILES string of the molecule is CC1(C)Nc2ccccc2C(=O)NC1=O. The van der Waals surface area contributed by atoms with Gasteiger partial charge in [-0.1, -0.05) is 12.1 Å². The summed E-state index contributed by atoms with van der Waals surface area (Å²) in [4.78, 5) is 23.3. The van der Waals surface area contributed by atoms with Crippen molar-refractivity contribution in [1.29, 1.82) is 0 Å². The third-order valence-electron chi connectivity index (χ3n) is 2.41. The van der Waals surface area contributed by atoms with E-state index in [0.717, 1.165) is 0 Å². The molecular weight excluding hydrogens is 192 g/mol. The minimum Gasteiger partial charge on any atom is -0.371 e. The van der Waals surface area contributed by atoms with Gasteiger partial charge in [0.25, 0.3) is 11.8 Å². The molecule has 0 aromatic heterocycles. The zero-order chi connectivity index (χ0) is 11.1. The predicted molar refractivity (Wildman–Crippen MR) is 56.6 cm³/mol. The molecule has 1 aliphatic rings. The number of benzene rings is 1. The standard InChI is InChI=1S/C11H12N2O2/c1-11(2)10(15)12-9(14)7-5-3-4-6-8(7)13-11/h3-6,13H,1-2H3,(H,12,14,15). The van der Waals surface area contributed by atoms with Crippen molar-refractivity contribution in [1.82, 2.24) is 5.32 Å². The highest BCUT2D eigenvalue weighted by Crippen LogP contribution is 2.22. The van der Waals surface area contributed by atoms with Gasteiger partial charge in [0.1, 0.15) is 5.54 Å². The van der Waals surface area contributed by atoms with Gasteiger partial charge in [-0.3, -0.25) is 14.9 Å². The molecule has 15 heavy (non-hydrogen) atoms. The van der Waals surface area contributed by atoms with E-state index < -0.39 is 5.54 Å². The minimum absolute atomic E-state index is 0.316. The van der Waals surface area contributed by atoms with Gasteiger partial charge in [-0.15, -0.1) is 0 Å². The molecule has 78 valence electrons. The Kier molecular flexibility index (Phi) is 2.00. The quantitative estimate of drug-likeness (QED) is 0.623. The molecule has 0 fully saturated rings. The number of hydrogen-bond acceptors (Lipinski definition) is 3. The van der Waals surface area contributed by atoms with Crippen LogP contribution in [0.3, 0.4) is 0 Å². The smallest absolute Gasteiger partial charge is 0.260 e. The van der Waals surface area contributed by atoms with Gasteiger partial charge in [-0.2, -0.15) is 0 Å². The van der Waals surface area contributed by atoms with Crippen molar-refractivity contribution in [2.24, 2.45) is 0 Å². The number of carbonyl (C=O) groups is 2. The van der Waals surface area contributed by atoms with E-state index in [0.29, 0.717) is 11.3 Å². The largest absolute Gasteiger partial charge is 0.371 e. The zero-order valence-electron chi connectivity index (χ0n) is 8.63. The first-order valence-corrected chi connectivity index (χ1v) is 4.74. The van der Waals surface area contributed by atoms with Crippen LogP contribution in [0.15, 0.2) is 24.3 Å². The summed E-state index contributed by atoms with van der Waals surface area (Å²) in [5.41, 5.74) is 0.407. The first-order valence-electron chi connectivity index (χ1n) is 4.74. The minimum atomic E-state index is -0.776. The fourth-order valence-electron chi connectivity index (χ4n) is 1.51. The van der Waals surface area contributed by atoms with Crippen molar-refractivity contribution < 1.29 is 9.59 Å². The van der Waals surface area contributed by atoms with Crippen molar-refractivity contribution in [3.63, 3.8) is 0 Å². The zero-order valence-corrected chi connectivity index (χ0v) is 8.63. The highest BCUT2D eigenvalue weighted by molar-refractivity contribution is 6.12. The fraction of sp³-hybridized carbons (Fsp3) is 0.273. The molecule has 1 aromatic carbocycles. The van der Waals surface area contributed by atoms with Gasteiger partial charge in [0, 0.05) is 5.69 Å². The maximum atomic E-state index is 11.6. The number of nitrogens with one attached hydrogen (secondary N) is 2. The first kappa shape index (κ1) is 9.71. The molecule has 2 amide bonds. The summed E-state index contributed by atoms with van der Waals surface area (Å²) in [6, 6.07) is 7.06. The Hall–Kier alpha value is -1.84. The Morgan fingerprint density at radius 3 is 2.53 bits per heavy atom. The molecule has 0 unspecified atom stereocenters. The lowest BCUT2D eigenvalue weighted by Gasteiger charge is -2.22. The van der Waals surface area contributed by atoms with Gasteiger partial charge in [-0.05, 0) is 26.0 Å². The summed E-state index contributed by atoms with van der Waals surface area (Å²) in [6.07, 6.45) is 0. The van der Waals surface area contributed by atoms with Crippen LogP contribution in [0.2, 0.25) is 0 Å². The molecular formula is C11H12N2O2. The van der Waals surface area contributed by atoms with E-state index in [1.54, 1.807) is 32.0 Å². The molecule has 4 heteroatoms. The molecule has 0 aliphatic carbocycles. The second-order valence-corrected chi connectivity index (χ2v) is 4.08. The van der Waals surface area contributed by atoms with Crippen molar-refractivity contribution in [2.45, 2.75) is 19.4 Å². The van der Waals surface area contributed by atoms with E-state index in [1.807, 2.05) is 6.07 Å². The molecule has 1 aromatic rings. The Balaban J connectivity index is 2.53. The summed E-state index contributed by atoms with van der Waals surface area (Å²) >= 11 is 0. The Morgan fingerprint density at radius 2 is 1.80 bits per heavy atom. The Morgan fingerprint density at radius 1 is 1.13 bits per heavy atom. The number of amides is 2. The van der Waals surface area contributed by atoms with Gasteiger partial charge in [0.05, 0.1) is 5.56 Å². The van der Waals surface area contributed by atoms with Gasteiger partial charge in [0.2, 0.25) is 0 Å². The average molecular weight is 204 g/mol. The van der Waals surface area contributed by atoms with Crippen LogP contribution in [0, 0.1) is 0 Å². The van der Waals surface area contributed by atoms with Gasteiger partial charge in [0.15, 0.2) is 0 Å². The number of para-hydroxylation sites is 1. The summed E-state index contributed by atoms with van der Waals surface area (Å²) in [5, 5.41) is 5.39. The number of carbonyl (C=O) groups excluding carboxylic acids is 2. The number of hydrogen-bond donors (Lipinski definition) is 2. The van der Waals surface area contributed by atoms with Crippen molar-refractivity contribution in [3.05, 3.63) is 29.8 Å². The summed E-state index contributed by atoms with van der Waals surface area (Å²) in [6.45, 7) is 3.47. The van der Waals surface area contributed by atoms with Crippen LogP contribution < -0.4 is 10.6 Å². The number of anilines is 1. The topological polar surface area (TPSA) is 58.2 Å². The molecule has 1 heterocycles. The van der Waals surface area contributed by atoms with E-state index in [4.69, 9.17) is 0 Å². The number of fused-ring (bicyclic) bond motifs is 1. The summed E-state index contributed by atoms with van der Waals surface area (Å²) < 4.78 is 0. The molecule has 0 spiro atoms. The predicted octanol–water partition coefficient (Wildman–Crippen LogP) is 1.15. The third-order valence-corrected chi connectivity index (χ3v) is 2.41. The number of imide groups is 1. The normalized spacial score (nSPS) is 18.5. The van der Waals surface area contributed by atoms with Crippen molar-refractivity contribution in [3.8, 4) is 0 Å². The van der Waals surface area contributed by atoms with Gasteiger partial charge < -0.3 is 5.32 Å². The van der Waals surface area contributed by atoms with E-state index in [-0.39, 0.29) is 11.8 Å². The lowest BCUT2D eigenvalue weighted by Crippen LogP contribution is -2.47. The highest BCUT2D eigenvalue weighted by Gasteiger charge is 2.33. The Labute approximate surface area is 87.7 Å². The average Bonchev–Trinajstić information content (AvgIpc) is 2.24. The number of rotatable bonds is 0. The van der Waals surface area contributed by atoms with Crippen LogP contribution in [0.4, 0.5) is 5.69 Å². The van der Waals surface area contributed by atoms with Crippen molar-refractivity contribution in [2.75, 3.05) is 5.32 Å². The maximum absolute atomic E-state index is 11.6. The monoisotopic (exact) mass is 204 g/mol. The molecule has 0 bridgehead atoms. The molecule has 0 radical (unpaired) electrons. The molecule has 4 nitrogen and oxygen atoms in total. The van der Waals surface area contributed by atoms with Crippen molar-refractivity contribution >= 4 is 17.5 Å². The molecule has 0 atom stereocenters. The van der Waals surface area contributed by atoms with Gasteiger partial charge in [-0.25, -0.2) is 0 Å². The van der Waals surface area contributed by atoms with Gasteiger partial charge >= 0.3 is 0 Å². The van der Waals surface area contributed by atoms with Crippen LogP contribution in [0.5, 0.6) is 0 Å². The van der Waals surface area contributed by atoms with Crippen LogP contribution in [-0.2, 0) is 4.79 Å². The molecule has 1 aliphatic heterocycles. The van der Waals surface area contributed by atoms with Crippen LogP contribution >= 0.6 is 0 Å². The fourth-order valence-corrected chi connectivity index (χ4v) is 1.51. The van der Waals surface area contributed by atoms with E-state index in [9.17, 15) is 9.59 Å². The summed E-state index contributed by atoms with van der Waals surface area (Å²) in [5.74, 6) is -0.669. The van der Waals surface area contributed by atoms with E-state index in [1.165, 1.54) is 0 Å². The van der Waals surface area contributed by atoms with Crippen LogP contribution in [0.1, 0.15) is 24.2 Å². The lowest BCUT2D eigenvalue weighted by molar-refractivity contribution is -0.123. The first-order chi connectivity index (χ1) is 7.00. The second-order valence-electron chi connectivity index (χ2n) is 4.08. The third kappa shape index (κ3) is 1.58. The van der Waals surface area contributed by atoms with Crippen LogP contribution in [-0.4, -0.2) is 17.4 Å². The lowest BCUT2D eigenvalue weighted by atomic mass is 10.0. The molecule has 2 N–H and O–H groups in total. The second kappa shape index (κ2) is 3.08. The molecule has 0 saturated heterocycles. The highest BCUT2D eigenvalue weighted by atomic mass is 16.2.